The fourth-order valence-electron chi connectivity index (χ4n) is 1.91. The lowest BCUT2D eigenvalue weighted by Crippen LogP contribution is -2.39. The Morgan fingerprint density at radius 3 is 2.86 bits per heavy atom. The maximum atomic E-state index is 10.8. The second-order valence-corrected chi connectivity index (χ2v) is 3.91. The predicted molar refractivity (Wildman–Crippen MR) is 53.1 cm³/mol. The summed E-state index contributed by atoms with van der Waals surface area (Å²) in [5.74, 6) is -0.852. The number of aliphatic hydroxyl groups is 1. The highest BCUT2D eigenvalue weighted by Crippen LogP contribution is 2.16. The van der Waals surface area contributed by atoms with Crippen molar-refractivity contribution in [2.75, 3.05) is 26.2 Å². The highest BCUT2D eigenvalue weighted by Gasteiger charge is 2.24. The molecule has 0 aliphatic carbocycles. The first-order valence-electron chi connectivity index (χ1n) is 5.30. The van der Waals surface area contributed by atoms with Crippen LogP contribution < -0.4 is 0 Å². The van der Waals surface area contributed by atoms with E-state index in [1.807, 2.05) is 0 Å². The lowest BCUT2D eigenvalue weighted by atomic mass is 9.98. The number of likely N-dealkylation sites (tertiary alicyclic amines) is 1. The van der Waals surface area contributed by atoms with Gasteiger partial charge in [0.05, 0.1) is 5.92 Å². The molecule has 2 N–H and O–H groups in total. The number of unbranched alkanes of at least 4 members (excludes halogenated alkanes) is 1. The summed E-state index contributed by atoms with van der Waals surface area (Å²) < 4.78 is 0. The van der Waals surface area contributed by atoms with Crippen molar-refractivity contribution in [1.82, 2.24) is 4.90 Å². The van der Waals surface area contributed by atoms with Gasteiger partial charge in [0.25, 0.3) is 0 Å². The van der Waals surface area contributed by atoms with Crippen LogP contribution in [-0.4, -0.2) is 47.3 Å². The van der Waals surface area contributed by atoms with Gasteiger partial charge in [0.2, 0.25) is 0 Å². The number of nitrogens with zero attached hydrogens (tertiary/aromatic N) is 1. The fourth-order valence-corrected chi connectivity index (χ4v) is 1.91. The van der Waals surface area contributed by atoms with Gasteiger partial charge in [-0.1, -0.05) is 0 Å². The zero-order valence-corrected chi connectivity index (χ0v) is 8.48. The molecule has 0 amide bonds. The van der Waals surface area contributed by atoms with Crippen LogP contribution in [0.3, 0.4) is 0 Å². The molecule has 1 aliphatic heterocycles. The number of rotatable bonds is 5. The van der Waals surface area contributed by atoms with Crippen molar-refractivity contribution in [2.24, 2.45) is 5.92 Å². The summed E-state index contributed by atoms with van der Waals surface area (Å²) in [6.07, 6.45) is 3.57. The van der Waals surface area contributed by atoms with Crippen LogP contribution in [-0.2, 0) is 4.79 Å². The van der Waals surface area contributed by atoms with Crippen LogP contribution in [0.2, 0.25) is 0 Å². The molecule has 0 bridgehead atoms. The molecule has 1 fully saturated rings. The summed E-state index contributed by atoms with van der Waals surface area (Å²) in [5.41, 5.74) is 0. The van der Waals surface area contributed by atoms with E-state index in [0.29, 0.717) is 6.54 Å². The number of aliphatic hydroxyl groups excluding tert-OH is 1. The van der Waals surface area contributed by atoms with Gasteiger partial charge in [-0.25, -0.2) is 0 Å². The molecule has 0 saturated carbocycles. The number of carboxylic acids is 1. The van der Waals surface area contributed by atoms with Crippen LogP contribution >= 0.6 is 0 Å². The number of piperidine rings is 1. The summed E-state index contributed by atoms with van der Waals surface area (Å²) in [7, 11) is 0. The minimum absolute atomic E-state index is 0.183. The van der Waals surface area contributed by atoms with Gasteiger partial charge in [-0.3, -0.25) is 4.79 Å². The van der Waals surface area contributed by atoms with Gasteiger partial charge in [-0.05, 0) is 38.8 Å². The standard InChI is InChI=1S/C10H19NO3/c12-7-2-1-5-11-6-3-4-9(8-11)10(13)14/h9,12H,1-8H2,(H,13,14). The zero-order valence-electron chi connectivity index (χ0n) is 8.48. The zero-order chi connectivity index (χ0) is 10.4. The van der Waals surface area contributed by atoms with E-state index in [0.717, 1.165) is 38.8 Å². The van der Waals surface area contributed by atoms with Crippen molar-refractivity contribution < 1.29 is 15.0 Å². The molecule has 0 spiro atoms. The van der Waals surface area contributed by atoms with Crippen molar-refractivity contribution >= 4 is 5.97 Å². The number of hydrogen-bond acceptors (Lipinski definition) is 3. The maximum absolute atomic E-state index is 10.8. The number of carboxylic acid groups (broad SMARTS) is 1. The van der Waals surface area contributed by atoms with Gasteiger partial charge in [-0.2, -0.15) is 0 Å². The van der Waals surface area contributed by atoms with E-state index in [1.165, 1.54) is 0 Å². The molecule has 1 heterocycles. The van der Waals surface area contributed by atoms with E-state index in [-0.39, 0.29) is 12.5 Å². The minimum Gasteiger partial charge on any atom is -0.481 e. The number of aliphatic carboxylic acids is 1. The van der Waals surface area contributed by atoms with Gasteiger partial charge in [0, 0.05) is 13.2 Å². The first kappa shape index (κ1) is 11.5. The summed E-state index contributed by atoms with van der Waals surface area (Å²) in [6.45, 7) is 2.84. The van der Waals surface area contributed by atoms with E-state index < -0.39 is 5.97 Å². The molecule has 0 aromatic rings. The smallest absolute Gasteiger partial charge is 0.307 e. The average molecular weight is 201 g/mol. The Kier molecular flexibility index (Phi) is 4.90. The Labute approximate surface area is 84.5 Å². The Morgan fingerprint density at radius 2 is 2.21 bits per heavy atom. The molecule has 1 atom stereocenters. The largest absolute Gasteiger partial charge is 0.481 e. The molecule has 1 aliphatic rings. The normalized spacial score (nSPS) is 23.6. The van der Waals surface area contributed by atoms with Gasteiger partial charge >= 0.3 is 5.97 Å². The Morgan fingerprint density at radius 1 is 1.43 bits per heavy atom. The molecule has 4 nitrogen and oxygen atoms in total. The highest BCUT2D eigenvalue weighted by molar-refractivity contribution is 5.70. The quantitative estimate of drug-likeness (QED) is 0.638. The third-order valence-electron chi connectivity index (χ3n) is 2.74. The van der Waals surface area contributed by atoms with Crippen molar-refractivity contribution in [2.45, 2.75) is 25.7 Å². The first-order chi connectivity index (χ1) is 6.74. The van der Waals surface area contributed by atoms with Crippen LogP contribution in [0.25, 0.3) is 0 Å². The van der Waals surface area contributed by atoms with Crippen molar-refractivity contribution in [3.05, 3.63) is 0 Å². The minimum atomic E-state index is -0.670. The van der Waals surface area contributed by atoms with Gasteiger partial charge in [0.15, 0.2) is 0 Å². The van der Waals surface area contributed by atoms with Gasteiger partial charge in [0.1, 0.15) is 0 Å². The van der Waals surface area contributed by atoms with Crippen molar-refractivity contribution in [1.29, 1.82) is 0 Å². The van der Waals surface area contributed by atoms with E-state index in [2.05, 4.69) is 4.90 Å². The average Bonchev–Trinajstić information content (AvgIpc) is 2.19. The molecule has 0 aromatic carbocycles. The predicted octanol–water partition coefficient (Wildman–Crippen LogP) is 0.556. The molecule has 0 radical (unpaired) electrons. The molecule has 1 rings (SSSR count). The third-order valence-corrected chi connectivity index (χ3v) is 2.74. The Bertz CT molecular complexity index is 184. The van der Waals surface area contributed by atoms with Crippen LogP contribution in [0.15, 0.2) is 0 Å². The van der Waals surface area contributed by atoms with Crippen LogP contribution in [0.4, 0.5) is 0 Å². The SMILES string of the molecule is O=C(O)C1CCCN(CCCCO)C1. The van der Waals surface area contributed by atoms with Crippen molar-refractivity contribution in [3.63, 3.8) is 0 Å². The maximum Gasteiger partial charge on any atom is 0.307 e. The second-order valence-electron chi connectivity index (χ2n) is 3.91. The lowest BCUT2D eigenvalue weighted by Gasteiger charge is -2.30. The van der Waals surface area contributed by atoms with Crippen LogP contribution in [0.5, 0.6) is 0 Å². The van der Waals surface area contributed by atoms with E-state index in [4.69, 9.17) is 10.2 Å². The third kappa shape index (κ3) is 3.64. The molecular weight excluding hydrogens is 182 g/mol. The lowest BCUT2D eigenvalue weighted by molar-refractivity contribution is -0.143. The number of hydrogen-bond donors (Lipinski definition) is 2. The first-order valence-corrected chi connectivity index (χ1v) is 5.30. The molecule has 14 heavy (non-hydrogen) atoms. The van der Waals surface area contributed by atoms with Gasteiger partial charge < -0.3 is 15.1 Å². The summed E-state index contributed by atoms with van der Waals surface area (Å²) in [4.78, 5) is 13.0. The molecule has 4 heteroatoms. The summed E-state index contributed by atoms with van der Waals surface area (Å²) in [6, 6.07) is 0. The summed E-state index contributed by atoms with van der Waals surface area (Å²) in [5, 5.41) is 17.5. The number of carbonyl (C=O) groups is 1. The Hall–Kier alpha value is -0.610. The molecule has 82 valence electrons. The van der Waals surface area contributed by atoms with Gasteiger partial charge in [-0.15, -0.1) is 0 Å². The summed E-state index contributed by atoms with van der Waals surface area (Å²) >= 11 is 0. The van der Waals surface area contributed by atoms with Crippen LogP contribution in [0.1, 0.15) is 25.7 Å². The molecule has 1 saturated heterocycles. The topological polar surface area (TPSA) is 60.8 Å². The van der Waals surface area contributed by atoms with Crippen molar-refractivity contribution in [3.8, 4) is 0 Å². The van der Waals surface area contributed by atoms with E-state index in [9.17, 15) is 4.79 Å². The second kappa shape index (κ2) is 5.98. The highest BCUT2D eigenvalue weighted by atomic mass is 16.4. The fraction of sp³-hybridized carbons (Fsp3) is 0.900. The molecular formula is C10H19NO3. The van der Waals surface area contributed by atoms with E-state index >= 15 is 0 Å². The van der Waals surface area contributed by atoms with Crippen LogP contribution in [0, 0.1) is 5.92 Å². The molecule has 1 unspecified atom stereocenters. The van der Waals surface area contributed by atoms with E-state index in [1.54, 1.807) is 0 Å². The molecule has 0 aromatic heterocycles. The Balaban J connectivity index is 2.22. The monoisotopic (exact) mass is 201 g/mol.